The fraction of sp³-hybridized carbons (Fsp3) is 0.333. The first-order chi connectivity index (χ1) is 12.9. The summed E-state index contributed by atoms with van der Waals surface area (Å²) < 4.78 is 10.6. The topological polar surface area (TPSA) is 67.9 Å². The highest BCUT2D eigenvalue weighted by atomic mass is 16.7. The molecule has 0 saturated heterocycles. The van der Waals surface area contributed by atoms with Gasteiger partial charge >= 0.3 is 0 Å². The van der Waals surface area contributed by atoms with Crippen molar-refractivity contribution < 1.29 is 19.1 Å². The lowest BCUT2D eigenvalue weighted by Gasteiger charge is -2.30. The Balaban J connectivity index is 1.71. The summed E-state index contributed by atoms with van der Waals surface area (Å²) in [6, 6.07) is 14.9. The lowest BCUT2D eigenvalue weighted by Crippen LogP contribution is -2.47. The van der Waals surface area contributed by atoms with Crippen molar-refractivity contribution in [1.82, 2.24) is 4.90 Å². The first-order valence-corrected chi connectivity index (χ1v) is 8.96. The maximum Gasteiger partial charge on any atom is 0.239 e. The van der Waals surface area contributed by atoms with E-state index in [2.05, 4.69) is 5.32 Å². The number of carbonyl (C=O) groups excluding carboxylic acids is 2. The van der Waals surface area contributed by atoms with E-state index in [-0.39, 0.29) is 18.6 Å². The fourth-order valence-electron chi connectivity index (χ4n) is 2.89. The Bertz CT molecular complexity index is 833. The molecular formula is C21H24N2O4. The molecule has 2 aromatic rings. The van der Waals surface area contributed by atoms with E-state index in [9.17, 15) is 9.59 Å². The van der Waals surface area contributed by atoms with Crippen LogP contribution >= 0.6 is 0 Å². The number of hydrogen-bond donors (Lipinski definition) is 1. The average molecular weight is 368 g/mol. The number of anilines is 1. The summed E-state index contributed by atoms with van der Waals surface area (Å²) in [7, 11) is 0. The Morgan fingerprint density at radius 1 is 1.07 bits per heavy atom. The Labute approximate surface area is 159 Å². The summed E-state index contributed by atoms with van der Waals surface area (Å²) in [6.45, 7) is 6.36. The SMILES string of the molecule is CCN(Cc1ccccc1)C(=O)C(C)(C)C(=O)Nc1ccc2c(c1)OCO2. The molecule has 0 unspecified atom stereocenters. The van der Waals surface area contributed by atoms with Crippen LogP contribution < -0.4 is 14.8 Å². The van der Waals surface area contributed by atoms with E-state index in [0.29, 0.717) is 30.3 Å². The number of rotatable bonds is 6. The van der Waals surface area contributed by atoms with Crippen molar-refractivity contribution >= 4 is 17.5 Å². The average Bonchev–Trinajstić information content (AvgIpc) is 3.14. The molecule has 1 heterocycles. The maximum atomic E-state index is 13.0. The van der Waals surface area contributed by atoms with Crippen molar-refractivity contribution in [3.63, 3.8) is 0 Å². The zero-order chi connectivity index (χ0) is 19.4. The Hall–Kier alpha value is -3.02. The van der Waals surface area contributed by atoms with Gasteiger partial charge in [-0.1, -0.05) is 30.3 Å². The van der Waals surface area contributed by atoms with Crippen LogP contribution in [0.1, 0.15) is 26.3 Å². The van der Waals surface area contributed by atoms with Crippen LogP contribution in [0.2, 0.25) is 0 Å². The molecule has 142 valence electrons. The van der Waals surface area contributed by atoms with Crippen LogP contribution in [-0.4, -0.2) is 30.1 Å². The zero-order valence-electron chi connectivity index (χ0n) is 15.8. The number of carbonyl (C=O) groups is 2. The molecule has 1 aliphatic heterocycles. The molecule has 6 heteroatoms. The standard InChI is InChI=1S/C21H24N2O4/c1-4-23(13-15-8-6-5-7-9-15)20(25)21(2,3)19(24)22-16-10-11-17-18(12-16)27-14-26-17/h5-12H,4,13-14H2,1-3H3,(H,22,24). The summed E-state index contributed by atoms with van der Waals surface area (Å²) in [5.74, 6) is 0.643. The van der Waals surface area contributed by atoms with Crippen LogP contribution in [0.5, 0.6) is 11.5 Å². The molecule has 0 fully saturated rings. The molecule has 0 aromatic heterocycles. The van der Waals surface area contributed by atoms with E-state index < -0.39 is 5.41 Å². The Morgan fingerprint density at radius 3 is 2.48 bits per heavy atom. The Morgan fingerprint density at radius 2 is 1.78 bits per heavy atom. The van der Waals surface area contributed by atoms with E-state index in [4.69, 9.17) is 9.47 Å². The minimum absolute atomic E-state index is 0.168. The van der Waals surface area contributed by atoms with Crippen LogP contribution in [0.4, 0.5) is 5.69 Å². The van der Waals surface area contributed by atoms with Crippen molar-refractivity contribution in [2.24, 2.45) is 5.41 Å². The molecule has 6 nitrogen and oxygen atoms in total. The fourth-order valence-corrected chi connectivity index (χ4v) is 2.89. The van der Waals surface area contributed by atoms with Crippen molar-refractivity contribution in [2.45, 2.75) is 27.3 Å². The van der Waals surface area contributed by atoms with Crippen LogP contribution in [-0.2, 0) is 16.1 Å². The lowest BCUT2D eigenvalue weighted by molar-refractivity contribution is -0.146. The molecule has 0 saturated carbocycles. The van der Waals surface area contributed by atoms with Gasteiger partial charge in [0.25, 0.3) is 0 Å². The number of hydrogen-bond acceptors (Lipinski definition) is 4. The van der Waals surface area contributed by atoms with Gasteiger partial charge in [0.05, 0.1) is 0 Å². The minimum atomic E-state index is -1.21. The third kappa shape index (κ3) is 4.05. The number of amides is 2. The first-order valence-electron chi connectivity index (χ1n) is 8.96. The van der Waals surface area contributed by atoms with Gasteiger partial charge in [-0.25, -0.2) is 0 Å². The van der Waals surface area contributed by atoms with Gasteiger partial charge in [0, 0.05) is 24.8 Å². The van der Waals surface area contributed by atoms with Gasteiger partial charge in [-0.05, 0) is 38.5 Å². The van der Waals surface area contributed by atoms with E-state index >= 15 is 0 Å². The van der Waals surface area contributed by atoms with E-state index in [1.165, 1.54) is 0 Å². The van der Waals surface area contributed by atoms with Crippen LogP contribution in [0.3, 0.4) is 0 Å². The number of ether oxygens (including phenoxy) is 2. The predicted molar refractivity (Wildman–Crippen MR) is 103 cm³/mol. The van der Waals surface area contributed by atoms with Gasteiger partial charge in [-0.3, -0.25) is 9.59 Å². The number of benzene rings is 2. The van der Waals surface area contributed by atoms with Crippen molar-refractivity contribution in [3.8, 4) is 11.5 Å². The molecule has 27 heavy (non-hydrogen) atoms. The molecule has 0 radical (unpaired) electrons. The molecule has 0 spiro atoms. The van der Waals surface area contributed by atoms with E-state index in [0.717, 1.165) is 5.56 Å². The van der Waals surface area contributed by atoms with Gasteiger partial charge in [-0.15, -0.1) is 0 Å². The number of fused-ring (bicyclic) bond motifs is 1. The third-order valence-corrected chi connectivity index (χ3v) is 4.62. The van der Waals surface area contributed by atoms with Crippen molar-refractivity contribution in [2.75, 3.05) is 18.7 Å². The lowest BCUT2D eigenvalue weighted by atomic mass is 9.89. The molecule has 0 atom stereocenters. The monoisotopic (exact) mass is 368 g/mol. The zero-order valence-corrected chi connectivity index (χ0v) is 15.8. The second kappa shape index (κ2) is 7.70. The number of nitrogens with zero attached hydrogens (tertiary/aromatic N) is 1. The normalized spacial score (nSPS) is 12.6. The van der Waals surface area contributed by atoms with Gasteiger partial charge in [0.2, 0.25) is 18.6 Å². The molecule has 1 aliphatic rings. The second-order valence-electron chi connectivity index (χ2n) is 6.95. The van der Waals surface area contributed by atoms with Crippen LogP contribution in [0.15, 0.2) is 48.5 Å². The van der Waals surface area contributed by atoms with Crippen LogP contribution in [0.25, 0.3) is 0 Å². The smallest absolute Gasteiger partial charge is 0.239 e. The summed E-state index contributed by atoms with van der Waals surface area (Å²) in [6.07, 6.45) is 0. The van der Waals surface area contributed by atoms with Gasteiger partial charge < -0.3 is 19.7 Å². The third-order valence-electron chi connectivity index (χ3n) is 4.62. The first kappa shape index (κ1) is 18.8. The van der Waals surface area contributed by atoms with Gasteiger partial charge in [0.1, 0.15) is 5.41 Å². The maximum absolute atomic E-state index is 13.0. The van der Waals surface area contributed by atoms with Gasteiger partial charge in [0.15, 0.2) is 11.5 Å². The minimum Gasteiger partial charge on any atom is -0.454 e. The van der Waals surface area contributed by atoms with Gasteiger partial charge in [-0.2, -0.15) is 0 Å². The largest absolute Gasteiger partial charge is 0.454 e. The quantitative estimate of drug-likeness (QED) is 0.793. The molecular weight excluding hydrogens is 344 g/mol. The second-order valence-corrected chi connectivity index (χ2v) is 6.95. The van der Waals surface area contributed by atoms with E-state index in [1.807, 2.05) is 37.3 Å². The molecule has 2 aromatic carbocycles. The van der Waals surface area contributed by atoms with Crippen molar-refractivity contribution in [3.05, 3.63) is 54.1 Å². The predicted octanol–water partition coefficient (Wildman–Crippen LogP) is 3.43. The summed E-state index contributed by atoms with van der Waals surface area (Å²) in [5, 5.41) is 2.81. The summed E-state index contributed by atoms with van der Waals surface area (Å²) in [5.41, 5.74) is 0.386. The highest BCUT2D eigenvalue weighted by Crippen LogP contribution is 2.34. The number of nitrogens with one attached hydrogen (secondary N) is 1. The molecule has 3 rings (SSSR count). The van der Waals surface area contributed by atoms with E-state index in [1.54, 1.807) is 36.9 Å². The molecule has 0 bridgehead atoms. The molecule has 1 N–H and O–H groups in total. The molecule has 0 aliphatic carbocycles. The summed E-state index contributed by atoms with van der Waals surface area (Å²) in [4.78, 5) is 27.5. The molecule has 2 amide bonds. The highest BCUT2D eigenvalue weighted by Gasteiger charge is 2.39. The summed E-state index contributed by atoms with van der Waals surface area (Å²) >= 11 is 0. The van der Waals surface area contributed by atoms with Crippen molar-refractivity contribution in [1.29, 1.82) is 0 Å². The van der Waals surface area contributed by atoms with Crippen LogP contribution in [0, 0.1) is 5.41 Å². The highest BCUT2D eigenvalue weighted by molar-refractivity contribution is 6.09. The Kier molecular flexibility index (Phi) is 5.35.